The van der Waals surface area contributed by atoms with Gasteiger partial charge in [-0.3, -0.25) is 19.2 Å². The van der Waals surface area contributed by atoms with E-state index in [4.69, 9.17) is 22.9 Å². The van der Waals surface area contributed by atoms with Crippen LogP contribution in [0, 0.1) is 0 Å². The van der Waals surface area contributed by atoms with Crippen LogP contribution in [0.2, 0.25) is 0 Å². The molecule has 0 saturated heterocycles. The maximum Gasteiger partial charge on any atom is 0.326 e. The lowest BCUT2D eigenvalue weighted by atomic mass is 10.1. The normalized spacial score (nSPS) is 14.9. The minimum Gasteiger partial charge on any atom is -0.480 e. The summed E-state index contributed by atoms with van der Waals surface area (Å²) in [6.07, 6.45) is 4.59. The Morgan fingerprint density at radius 2 is 0.974 bits per heavy atom. The first-order valence-corrected chi connectivity index (χ1v) is 13.3. The summed E-state index contributed by atoms with van der Waals surface area (Å²) < 4.78 is 0. The molecule has 0 spiro atoms. The predicted molar refractivity (Wildman–Crippen MR) is 143 cm³/mol. The molecule has 0 saturated carbocycles. The van der Waals surface area contributed by atoms with Crippen LogP contribution in [-0.4, -0.2) is 84.5 Å². The third kappa shape index (κ3) is 14.8. The van der Waals surface area contributed by atoms with Crippen LogP contribution in [0.1, 0.15) is 71.6 Å². The number of hydrogen-bond donors (Lipinski definition) is 9. The van der Waals surface area contributed by atoms with Crippen LogP contribution in [0.25, 0.3) is 0 Å². The summed E-state index contributed by atoms with van der Waals surface area (Å²) in [4.78, 5) is 62.0. The molecule has 0 aromatic rings. The molecule has 0 unspecified atom stereocenters. The van der Waals surface area contributed by atoms with E-state index in [9.17, 15) is 29.1 Å². The Labute approximate surface area is 224 Å². The van der Waals surface area contributed by atoms with E-state index in [0.29, 0.717) is 58.2 Å². The second-order valence-corrected chi connectivity index (χ2v) is 9.38. The second kappa shape index (κ2) is 20.2. The van der Waals surface area contributed by atoms with Crippen molar-refractivity contribution in [2.45, 2.75) is 102 Å². The summed E-state index contributed by atoms with van der Waals surface area (Å²) in [5, 5.41) is 19.5. The highest BCUT2D eigenvalue weighted by atomic mass is 16.4. The Morgan fingerprint density at radius 3 is 1.42 bits per heavy atom. The van der Waals surface area contributed by atoms with Crippen molar-refractivity contribution < 1.29 is 29.1 Å². The zero-order valence-electron chi connectivity index (χ0n) is 22.7. The van der Waals surface area contributed by atoms with E-state index in [-0.39, 0.29) is 12.8 Å². The maximum absolute atomic E-state index is 12.9. The molecule has 0 bridgehead atoms. The van der Waals surface area contributed by atoms with Crippen molar-refractivity contribution in [3.8, 4) is 0 Å². The van der Waals surface area contributed by atoms with Crippen molar-refractivity contribution in [2.75, 3.05) is 19.6 Å². The number of amides is 4. The predicted octanol–water partition coefficient (Wildman–Crippen LogP) is -2.24. The molecule has 0 aromatic heterocycles. The molecule has 0 aliphatic heterocycles. The SMILES string of the molecule is C[C@H](NC(=O)[C@H](CCCCN)NC(=O)[C@H](C)NC(=O)[C@@H](N)CCCCN)C(=O)N[C@@H](CCCCN)C(=O)O. The average Bonchev–Trinajstić information content (AvgIpc) is 2.87. The lowest BCUT2D eigenvalue weighted by Gasteiger charge is -2.24. The van der Waals surface area contributed by atoms with E-state index in [2.05, 4.69) is 21.3 Å². The molecular weight excluding hydrogens is 496 g/mol. The highest BCUT2D eigenvalue weighted by Gasteiger charge is 2.28. The van der Waals surface area contributed by atoms with Gasteiger partial charge in [0.25, 0.3) is 0 Å². The topological polar surface area (TPSA) is 258 Å². The molecule has 0 aliphatic carbocycles. The number of nitrogens with two attached hydrogens (primary N) is 4. The third-order valence-electron chi connectivity index (χ3n) is 5.95. The van der Waals surface area contributed by atoms with Crippen LogP contribution in [0.4, 0.5) is 0 Å². The molecule has 5 atom stereocenters. The fourth-order valence-electron chi connectivity index (χ4n) is 3.51. The number of hydrogen-bond acceptors (Lipinski definition) is 9. The highest BCUT2D eigenvalue weighted by molar-refractivity contribution is 5.95. The minimum atomic E-state index is -1.18. The van der Waals surface area contributed by atoms with Crippen LogP contribution in [0.5, 0.6) is 0 Å². The lowest BCUT2D eigenvalue weighted by Crippen LogP contribution is -2.57. The van der Waals surface area contributed by atoms with Crippen LogP contribution in [-0.2, 0) is 24.0 Å². The number of carboxylic acids is 1. The molecule has 220 valence electrons. The fourth-order valence-corrected chi connectivity index (χ4v) is 3.51. The van der Waals surface area contributed by atoms with Crippen molar-refractivity contribution in [2.24, 2.45) is 22.9 Å². The minimum absolute atomic E-state index is 0.205. The Hall–Kier alpha value is -2.81. The lowest BCUT2D eigenvalue weighted by molar-refractivity contribution is -0.142. The molecule has 14 nitrogen and oxygen atoms in total. The van der Waals surface area contributed by atoms with Gasteiger partial charge in [-0.1, -0.05) is 6.42 Å². The molecule has 0 fully saturated rings. The number of unbranched alkanes of at least 4 members (excludes halogenated alkanes) is 3. The van der Waals surface area contributed by atoms with Crippen LogP contribution in [0.3, 0.4) is 0 Å². The van der Waals surface area contributed by atoms with Crippen molar-refractivity contribution in [1.82, 2.24) is 21.3 Å². The zero-order chi connectivity index (χ0) is 29.1. The Balaban J connectivity index is 5.10. The molecule has 13 N–H and O–H groups in total. The van der Waals surface area contributed by atoms with E-state index in [0.717, 1.165) is 6.42 Å². The third-order valence-corrected chi connectivity index (χ3v) is 5.95. The Kier molecular flexibility index (Phi) is 18.7. The van der Waals surface area contributed by atoms with Gasteiger partial charge in [-0.2, -0.15) is 0 Å². The van der Waals surface area contributed by atoms with Crippen molar-refractivity contribution in [1.29, 1.82) is 0 Å². The van der Waals surface area contributed by atoms with Gasteiger partial charge in [-0.25, -0.2) is 4.79 Å². The van der Waals surface area contributed by atoms with Crippen LogP contribution in [0.15, 0.2) is 0 Å². The molecule has 0 rings (SSSR count). The second-order valence-electron chi connectivity index (χ2n) is 9.38. The van der Waals surface area contributed by atoms with E-state index < -0.39 is 59.8 Å². The molecular formula is C24H48N8O6. The molecule has 0 heterocycles. The van der Waals surface area contributed by atoms with Gasteiger partial charge in [-0.15, -0.1) is 0 Å². The average molecular weight is 545 g/mol. The molecule has 4 amide bonds. The van der Waals surface area contributed by atoms with Gasteiger partial charge in [0, 0.05) is 0 Å². The van der Waals surface area contributed by atoms with E-state index in [1.807, 2.05) is 0 Å². The van der Waals surface area contributed by atoms with Crippen molar-refractivity contribution in [3.05, 3.63) is 0 Å². The van der Waals surface area contributed by atoms with Gasteiger partial charge in [0.2, 0.25) is 23.6 Å². The van der Waals surface area contributed by atoms with E-state index in [1.54, 1.807) is 0 Å². The molecule has 38 heavy (non-hydrogen) atoms. The first kappa shape index (κ1) is 35.2. The smallest absolute Gasteiger partial charge is 0.326 e. The summed E-state index contributed by atoms with van der Waals surface area (Å²) in [5.41, 5.74) is 22.3. The van der Waals surface area contributed by atoms with Gasteiger partial charge in [0.05, 0.1) is 6.04 Å². The molecule has 0 aromatic carbocycles. The standard InChI is InChI=1S/C24H48N8O6/c1-15(29-22(35)17(28)9-3-6-12-25)20(33)31-18(10-4-7-13-26)23(36)30-16(2)21(34)32-19(24(37)38)11-5-8-14-27/h15-19H,3-14,25-28H2,1-2H3,(H,29,35)(H,30,36)(H,31,33)(H,32,34)(H,37,38)/t15-,16-,17-,18-,19-/m0/s1. The van der Waals surface area contributed by atoms with Crippen molar-refractivity contribution >= 4 is 29.6 Å². The highest BCUT2D eigenvalue weighted by Crippen LogP contribution is 2.05. The van der Waals surface area contributed by atoms with E-state index >= 15 is 0 Å². The number of rotatable bonds is 21. The molecule has 14 heteroatoms. The number of aliphatic carboxylic acids is 1. The van der Waals surface area contributed by atoms with Crippen LogP contribution >= 0.6 is 0 Å². The first-order valence-electron chi connectivity index (χ1n) is 13.3. The number of nitrogens with one attached hydrogen (secondary N) is 4. The van der Waals surface area contributed by atoms with Gasteiger partial charge < -0.3 is 49.3 Å². The monoisotopic (exact) mass is 544 g/mol. The molecule has 0 radical (unpaired) electrons. The number of carbonyl (C=O) groups excluding carboxylic acids is 4. The Morgan fingerprint density at radius 1 is 0.579 bits per heavy atom. The zero-order valence-corrected chi connectivity index (χ0v) is 22.7. The van der Waals surface area contributed by atoms with Gasteiger partial charge in [0.15, 0.2) is 0 Å². The van der Waals surface area contributed by atoms with Gasteiger partial charge in [0.1, 0.15) is 24.2 Å². The van der Waals surface area contributed by atoms with Crippen molar-refractivity contribution in [3.63, 3.8) is 0 Å². The molecule has 0 aliphatic rings. The van der Waals surface area contributed by atoms with E-state index in [1.165, 1.54) is 13.8 Å². The quantitative estimate of drug-likeness (QED) is 0.0702. The van der Waals surface area contributed by atoms with Gasteiger partial charge >= 0.3 is 5.97 Å². The number of carboxylic acid groups (broad SMARTS) is 1. The first-order chi connectivity index (χ1) is 18.0. The summed E-state index contributed by atoms with van der Waals surface area (Å²) in [5.74, 6) is -3.56. The Bertz CT molecular complexity index is 753. The summed E-state index contributed by atoms with van der Waals surface area (Å²) in [6, 6.07) is -4.92. The van der Waals surface area contributed by atoms with Crippen LogP contribution < -0.4 is 44.2 Å². The largest absolute Gasteiger partial charge is 0.480 e. The number of carbonyl (C=O) groups is 5. The summed E-state index contributed by atoms with van der Waals surface area (Å²) >= 11 is 0. The fraction of sp³-hybridized carbons (Fsp3) is 0.792. The maximum atomic E-state index is 12.9. The summed E-state index contributed by atoms with van der Waals surface area (Å²) in [6.45, 7) is 4.20. The van der Waals surface area contributed by atoms with Gasteiger partial charge in [-0.05, 0) is 84.8 Å². The summed E-state index contributed by atoms with van der Waals surface area (Å²) in [7, 11) is 0.